The quantitative estimate of drug-likeness (QED) is 0.796. The molecular formula is C16H19Cl2N3. The maximum Gasteiger partial charge on any atom is 0.111 e. The van der Waals surface area contributed by atoms with Crippen molar-refractivity contribution in [3.63, 3.8) is 0 Å². The Kier molecular flexibility index (Phi) is 3.60. The van der Waals surface area contributed by atoms with Gasteiger partial charge in [0.25, 0.3) is 0 Å². The van der Waals surface area contributed by atoms with Crippen LogP contribution in [-0.2, 0) is 6.42 Å². The van der Waals surface area contributed by atoms with E-state index < -0.39 is 0 Å². The van der Waals surface area contributed by atoms with Crippen molar-refractivity contribution in [1.82, 2.24) is 14.5 Å². The lowest BCUT2D eigenvalue weighted by Crippen LogP contribution is -2.24. The van der Waals surface area contributed by atoms with Gasteiger partial charge in [-0.15, -0.1) is 11.6 Å². The molecule has 0 bridgehead atoms. The summed E-state index contributed by atoms with van der Waals surface area (Å²) in [5, 5.41) is 0.746. The molecule has 1 atom stereocenters. The highest BCUT2D eigenvalue weighted by molar-refractivity contribution is 6.31. The second kappa shape index (κ2) is 5.45. The second-order valence-electron chi connectivity index (χ2n) is 6.14. The van der Waals surface area contributed by atoms with Gasteiger partial charge >= 0.3 is 0 Å². The molecule has 1 aliphatic carbocycles. The molecule has 21 heavy (non-hydrogen) atoms. The van der Waals surface area contributed by atoms with Crippen molar-refractivity contribution in [3.05, 3.63) is 29.0 Å². The maximum atomic E-state index is 6.11. The van der Waals surface area contributed by atoms with Gasteiger partial charge in [0.1, 0.15) is 5.82 Å². The molecule has 2 aromatic rings. The van der Waals surface area contributed by atoms with Crippen LogP contribution in [0.2, 0.25) is 5.02 Å². The molecule has 5 heteroatoms. The molecule has 1 saturated carbocycles. The summed E-state index contributed by atoms with van der Waals surface area (Å²) >= 11 is 12.1. The van der Waals surface area contributed by atoms with Crippen molar-refractivity contribution < 1.29 is 0 Å². The summed E-state index contributed by atoms with van der Waals surface area (Å²) in [6.45, 7) is 2.36. The Balaban J connectivity index is 1.73. The fourth-order valence-electron chi connectivity index (χ4n) is 3.54. The van der Waals surface area contributed by atoms with Gasteiger partial charge in [-0.3, -0.25) is 4.90 Å². The standard InChI is InChI=1S/C16H19Cl2N3/c17-7-5-16-19-14-9-11(18)1-4-15(14)21(16)13-6-8-20(10-13)12-2-3-12/h1,4,9,12-13H,2-3,5-8,10H2. The monoisotopic (exact) mass is 323 g/mol. The van der Waals surface area contributed by atoms with Crippen LogP contribution < -0.4 is 0 Å². The first-order valence-corrected chi connectivity index (χ1v) is 8.64. The zero-order valence-corrected chi connectivity index (χ0v) is 13.4. The number of rotatable bonds is 4. The predicted molar refractivity (Wildman–Crippen MR) is 87.4 cm³/mol. The zero-order valence-electron chi connectivity index (χ0n) is 11.9. The lowest BCUT2D eigenvalue weighted by Gasteiger charge is -2.18. The molecule has 0 amide bonds. The molecule has 3 nitrogen and oxygen atoms in total. The Morgan fingerprint density at radius 1 is 1.19 bits per heavy atom. The van der Waals surface area contributed by atoms with Crippen molar-refractivity contribution in [3.8, 4) is 0 Å². The lowest BCUT2D eigenvalue weighted by molar-refractivity contribution is 0.314. The number of hydrogen-bond donors (Lipinski definition) is 0. The number of imidazole rings is 1. The van der Waals surface area contributed by atoms with Crippen LogP contribution in [0.3, 0.4) is 0 Å². The smallest absolute Gasteiger partial charge is 0.111 e. The Labute approximate surface area is 134 Å². The van der Waals surface area contributed by atoms with Crippen molar-refractivity contribution in [2.24, 2.45) is 0 Å². The van der Waals surface area contributed by atoms with E-state index in [2.05, 4.69) is 15.5 Å². The normalized spacial score (nSPS) is 23.2. The third-order valence-corrected chi connectivity index (χ3v) is 5.09. The Morgan fingerprint density at radius 3 is 2.81 bits per heavy atom. The molecule has 0 N–H and O–H groups in total. The van der Waals surface area contributed by atoms with Crippen molar-refractivity contribution in [1.29, 1.82) is 0 Å². The van der Waals surface area contributed by atoms with Gasteiger partial charge in [0.2, 0.25) is 0 Å². The molecule has 1 aromatic heterocycles. The highest BCUT2D eigenvalue weighted by Gasteiger charge is 2.35. The van der Waals surface area contributed by atoms with Gasteiger partial charge < -0.3 is 4.57 Å². The van der Waals surface area contributed by atoms with Gasteiger partial charge in [-0.05, 0) is 37.5 Å². The van der Waals surface area contributed by atoms with E-state index in [0.717, 1.165) is 35.4 Å². The fraction of sp³-hybridized carbons (Fsp3) is 0.562. The molecule has 0 radical (unpaired) electrons. The minimum atomic E-state index is 0.523. The average molecular weight is 324 g/mol. The fourth-order valence-corrected chi connectivity index (χ4v) is 3.88. The Morgan fingerprint density at radius 2 is 2.05 bits per heavy atom. The SMILES string of the molecule is ClCCc1nc2cc(Cl)ccc2n1C1CCN(C2CC2)C1. The van der Waals surface area contributed by atoms with E-state index >= 15 is 0 Å². The molecule has 0 spiro atoms. The summed E-state index contributed by atoms with van der Waals surface area (Å²) in [6.07, 6.45) is 4.77. The summed E-state index contributed by atoms with van der Waals surface area (Å²) in [5.74, 6) is 1.71. The molecule has 1 aromatic carbocycles. The van der Waals surface area contributed by atoms with Crippen LogP contribution in [0.25, 0.3) is 11.0 Å². The van der Waals surface area contributed by atoms with Crippen LogP contribution >= 0.6 is 23.2 Å². The number of aryl methyl sites for hydroxylation is 1. The number of nitrogens with zero attached hydrogens (tertiary/aromatic N) is 3. The number of halogens is 2. The number of fused-ring (bicyclic) bond motifs is 1. The van der Waals surface area contributed by atoms with E-state index in [1.807, 2.05) is 12.1 Å². The minimum Gasteiger partial charge on any atom is -0.323 e. The van der Waals surface area contributed by atoms with Crippen molar-refractivity contribution in [2.75, 3.05) is 19.0 Å². The van der Waals surface area contributed by atoms with Crippen molar-refractivity contribution >= 4 is 34.2 Å². The summed E-state index contributed by atoms with van der Waals surface area (Å²) in [5.41, 5.74) is 2.19. The number of likely N-dealkylation sites (tertiary alicyclic amines) is 1. The number of hydrogen-bond acceptors (Lipinski definition) is 2. The van der Waals surface area contributed by atoms with Crippen LogP contribution in [0.5, 0.6) is 0 Å². The van der Waals surface area contributed by atoms with Crippen molar-refractivity contribution in [2.45, 2.75) is 37.8 Å². The topological polar surface area (TPSA) is 21.1 Å². The van der Waals surface area contributed by atoms with Crippen LogP contribution in [0.4, 0.5) is 0 Å². The molecule has 2 heterocycles. The van der Waals surface area contributed by atoms with Gasteiger partial charge in [-0.25, -0.2) is 4.98 Å². The Hall–Kier alpha value is -0.770. The predicted octanol–water partition coefficient (Wildman–Crippen LogP) is 3.88. The maximum absolute atomic E-state index is 6.11. The lowest BCUT2D eigenvalue weighted by atomic mass is 10.2. The zero-order chi connectivity index (χ0) is 14.4. The third kappa shape index (κ3) is 2.56. The first kappa shape index (κ1) is 13.9. The third-order valence-electron chi connectivity index (χ3n) is 4.67. The first-order valence-electron chi connectivity index (χ1n) is 7.72. The highest BCUT2D eigenvalue weighted by Crippen LogP contribution is 2.35. The average Bonchev–Trinajstić information content (AvgIpc) is 3.10. The Bertz CT molecular complexity index is 663. The van der Waals surface area contributed by atoms with E-state index in [1.165, 1.54) is 31.3 Å². The highest BCUT2D eigenvalue weighted by atomic mass is 35.5. The minimum absolute atomic E-state index is 0.523. The van der Waals surface area contributed by atoms with Gasteiger partial charge in [-0.1, -0.05) is 11.6 Å². The summed E-state index contributed by atoms with van der Waals surface area (Å²) in [4.78, 5) is 7.40. The summed E-state index contributed by atoms with van der Waals surface area (Å²) in [6, 6.07) is 7.38. The van der Waals surface area contributed by atoms with Gasteiger partial charge in [0.05, 0.1) is 11.0 Å². The van der Waals surface area contributed by atoms with Gasteiger partial charge in [-0.2, -0.15) is 0 Å². The molecular weight excluding hydrogens is 305 g/mol. The summed E-state index contributed by atoms with van der Waals surface area (Å²) < 4.78 is 2.41. The van der Waals surface area contributed by atoms with Crippen LogP contribution in [0.1, 0.15) is 31.1 Å². The molecule has 2 fully saturated rings. The molecule has 112 valence electrons. The van der Waals surface area contributed by atoms with E-state index in [9.17, 15) is 0 Å². The van der Waals surface area contributed by atoms with Crippen LogP contribution in [-0.4, -0.2) is 39.5 Å². The molecule has 1 aliphatic heterocycles. The van der Waals surface area contributed by atoms with Crippen LogP contribution in [0, 0.1) is 0 Å². The largest absolute Gasteiger partial charge is 0.323 e. The van der Waals surface area contributed by atoms with Gasteiger partial charge in [0.15, 0.2) is 0 Å². The first-order chi connectivity index (χ1) is 10.3. The van der Waals surface area contributed by atoms with Gasteiger partial charge in [0, 0.05) is 42.5 Å². The van der Waals surface area contributed by atoms with E-state index in [0.29, 0.717) is 11.9 Å². The van der Waals surface area contributed by atoms with E-state index in [-0.39, 0.29) is 0 Å². The molecule has 2 aliphatic rings. The van der Waals surface area contributed by atoms with E-state index in [4.69, 9.17) is 28.2 Å². The number of alkyl halides is 1. The molecule has 1 saturated heterocycles. The van der Waals surface area contributed by atoms with E-state index in [1.54, 1.807) is 0 Å². The number of aromatic nitrogens is 2. The summed E-state index contributed by atoms with van der Waals surface area (Å²) in [7, 11) is 0. The molecule has 1 unspecified atom stereocenters. The second-order valence-corrected chi connectivity index (χ2v) is 6.95. The number of benzene rings is 1. The molecule has 4 rings (SSSR count). The van der Waals surface area contributed by atoms with Crippen LogP contribution in [0.15, 0.2) is 18.2 Å².